The lowest BCUT2D eigenvalue weighted by Crippen LogP contribution is -2.00. The summed E-state index contributed by atoms with van der Waals surface area (Å²) in [4.78, 5) is 8.48. The fraction of sp³-hybridized carbons (Fsp3) is 0. The second-order valence-electron chi connectivity index (χ2n) is 4.21. The molecule has 2 heterocycles. The Labute approximate surface area is 138 Å². The van der Waals surface area contributed by atoms with E-state index in [2.05, 4.69) is 25.9 Å². The van der Waals surface area contributed by atoms with E-state index in [9.17, 15) is 4.39 Å². The molecule has 0 amide bonds. The average molecular weight is 387 g/mol. The van der Waals surface area contributed by atoms with E-state index >= 15 is 0 Å². The monoisotopic (exact) mass is 385 g/mol. The maximum atomic E-state index is 13.3. The Morgan fingerprint density at radius 2 is 1.90 bits per heavy atom. The number of imidazole rings is 1. The van der Waals surface area contributed by atoms with Gasteiger partial charge in [0.15, 0.2) is 4.73 Å². The maximum Gasteiger partial charge on any atom is 0.183 e. The summed E-state index contributed by atoms with van der Waals surface area (Å²) >= 11 is 15.2. The van der Waals surface area contributed by atoms with Crippen molar-refractivity contribution < 1.29 is 4.39 Å². The molecule has 0 aliphatic carbocycles. The van der Waals surface area contributed by atoms with Gasteiger partial charge in [-0.1, -0.05) is 23.2 Å². The van der Waals surface area contributed by atoms with E-state index in [-0.39, 0.29) is 5.02 Å². The van der Waals surface area contributed by atoms with Crippen molar-refractivity contribution in [2.75, 3.05) is 0 Å². The standard InChI is InChI=1S/C14H7BrCl2FN3/c15-14-20-7-12(8-1-2-11(18)10(17)5-8)21(14)13-6-9(16)3-4-19-13/h1-7H. The van der Waals surface area contributed by atoms with Gasteiger partial charge in [0.2, 0.25) is 0 Å². The van der Waals surface area contributed by atoms with Crippen molar-refractivity contribution >= 4 is 39.1 Å². The van der Waals surface area contributed by atoms with Crippen LogP contribution in [0.5, 0.6) is 0 Å². The molecule has 0 aliphatic heterocycles. The van der Waals surface area contributed by atoms with Gasteiger partial charge in [-0.15, -0.1) is 0 Å². The number of hydrogen-bond acceptors (Lipinski definition) is 2. The lowest BCUT2D eigenvalue weighted by molar-refractivity contribution is 0.628. The van der Waals surface area contributed by atoms with Gasteiger partial charge in [-0.25, -0.2) is 14.4 Å². The molecule has 21 heavy (non-hydrogen) atoms. The molecule has 7 heteroatoms. The maximum absolute atomic E-state index is 13.3. The van der Waals surface area contributed by atoms with Gasteiger partial charge < -0.3 is 0 Å². The zero-order valence-corrected chi connectivity index (χ0v) is 13.5. The Bertz CT molecular complexity index is 820. The topological polar surface area (TPSA) is 30.7 Å². The van der Waals surface area contributed by atoms with E-state index in [0.717, 1.165) is 11.3 Å². The van der Waals surface area contributed by atoms with Gasteiger partial charge >= 0.3 is 0 Å². The second-order valence-corrected chi connectivity index (χ2v) is 5.76. The van der Waals surface area contributed by atoms with Crippen molar-refractivity contribution in [3.63, 3.8) is 0 Å². The third-order valence-electron chi connectivity index (χ3n) is 2.87. The summed E-state index contributed by atoms with van der Waals surface area (Å²) in [6.07, 6.45) is 3.25. The van der Waals surface area contributed by atoms with Gasteiger partial charge in [-0.2, -0.15) is 0 Å². The summed E-state index contributed by atoms with van der Waals surface area (Å²) in [5.41, 5.74) is 1.44. The predicted octanol–water partition coefficient (Wildman–Crippen LogP) is 5.14. The molecule has 106 valence electrons. The second kappa shape index (κ2) is 5.75. The van der Waals surface area contributed by atoms with Gasteiger partial charge in [0.05, 0.1) is 16.9 Å². The number of rotatable bonds is 2. The molecule has 1 aromatic carbocycles. The first kappa shape index (κ1) is 14.5. The quantitative estimate of drug-likeness (QED) is 0.610. The van der Waals surface area contributed by atoms with Crippen LogP contribution in [0.4, 0.5) is 4.39 Å². The molecule has 3 aromatic rings. The van der Waals surface area contributed by atoms with Crippen molar-refractivity contribution in [2.45, 2.75) is 0 Å². The van der Waals surface area contributed by atoms with E-state index in [1.165, 1.54) is 6.07 Å². The van der Waals surface area contributed by atoms with Crippen LogP contribution in [0.2, 0.25) is 10.0 Å². The Morgan fingerprint density at radius 3 is 2.62 bits per heavy atom. The number of nitrogens with zero attached hydrogens (tertiary/aromatic N) is 3. The highest BCUT2D eigenvalue weighted by atomic mass is 79.9. The third kappa shape index (κ3) is 2.81. The first-order chi connectivity index (χ1) is 10.1. The molecule has 0 unspecified atom stereocenters. The SMILES string of the molecule is Fc1ccc(-c2cnc(Br)n2-c2cc(Cl)ccn2)cc1Cl. The van der Waals surface area contributed by atoms with Crippen LogP contribution in [0.3, 0.4) is 0 Å². The normalized spacial score (nSPS) is 10.9. The molecule has 3 nitrogen and oxygen atoms in total. The zero-order valence-electron chi connectivity index (χ0n) is 10.4. The first-order valence-electron chi connectivity index (χ1n) is 5.87. The predicted molar refractivity (Wildman–Crippen MR) is 84.5 cm³/mol. The molecule has 0 saturated carbocycles. The van der Waals surface area contributed by atoms with Crippen molar-refractivity contribution in [3.8, 4) is 17.1 Å². The van der Waals surface area contributed by atoms with E-state index in [4.69, 9.17) is 23.2 Å². The van der Waals surface area contributed by atoms with Crippen LogP contribution in [0.1, 0.15) is 0 Å². The largest absolute Gasteiger partial charge is 0.271 e. The number of aromatic nitrogens is 3. The van der Waals surface area contributed by atoms with E-state index in [1.54, 1.807) is 41.2 Å². The van der Waals surface area contributed by atoms with Gasteiger partial charge in [-0.05, 0) is 40.2 Å². The number of benzene rings is 1. The van der Waals surface area contributed by atoms with E-state index in [1.807, 2.05) is 0 Å². The highest BCUT2D eigenvalue weighted by Crippen LogP contribution is 2.30. The van der Waals surface area contributed by atoms with Crippen LogP contribution < -0.4 is 0 Å². The number of pyridine rings is 1. The molecule has 0 bridgehead atoms. The molecule has 0 fully saturated rings. The minimum Gasteiger partial charge on any atom is -0.271 e. The minimum atomic E-state index is -0.466. The molecular weight excluding hydrogens is 380 g/mol. The van der Waals surface area contributed by atoms with Crippen molar-refractivity contribution in [3.05, 3.63) is 63.3 Å². The van der Waals surface area contributed by atoms with Gasteiger partial charge in [0, 0.05) is 22.8 Å². The lowest BCUT2D eigenvalue weighted by atomic mass is 10.1. The third-order valence-corrected chi connectivity index (χ3v) is 3.95. The van der Waals surface area contributed by atoms with Crippen LogP contribution in [-0.2, 0) is 0 Å². The smallest absolute Gasteiger partial charge is 0.183 e. The van der Waals surface area contributed by atoms with Crippen molar-refractivity contribution in [2.24, 2.45) is 0 Å². The molecule has 0 spiro atoms. The van der Waals surface area contributed by atoms with Crippen LogP contribution >= 0.6 is 39.1 Å². The molecule has 2 aromatic heterocycles. The summed E-state index contributed by atoms with van der Waals surface area (Å²) in [7, 11) is 0. The highest BCUT2D eigenvalue weighted by molar-refractivity contribution is 9.10. The Hall–Kier alpha value is -1.43. The zero-order chi connectivity index (χ0) is 15.0. The Kier molecular flexibility index (Phi) is 3.97. The van der Waals surface area contributed by atoms with E-state index < -0.39 is 5.82 Å². The molecule has 0 N–H and O–H groups in total. The highest BCUT2D eigenvalue weighted by Gasteiger charge is 2.14. The summed E-state index contributed by atoms with van der Waals surface area (Å²) in [6, 6.07) is 7.88. The summed E-state index contributed by atoms with van der Waals surface area (Å²) in [5, 5.41) is 0.610. The summed E-state index contributed by atoms with van der Waals surface area (Å²) in [5.74, 6) is 0.133. The van der Waals surface area contributed by atoms with E-state index in [0.29, 0.717) is 15.6 Å². The fourth-order valence-corrected chi connectivity index (χ4v) is 2.73. The van der Waals surface area contributed by atoms with Gasteiger partial charge in [-0.3, -0.25) is 4.57 Å². The molecule has 0 atom stereocenters. The van der Waals surface area contributed by atoms with Crippen LogP contribution in [0.15, 0.2) is 47.5 Å². The van der Waals surface area contributed by atoms with Gasteiger partial charge in [0.1, 0.15) is 11.6 Å². The Morgan fingerprint density at radius 1 is 1.10 bits per heavy atom. The Balaban J connectivity index is 2.19. The van der Waals surface area contributed by atoms with Gasteiger partial charge in [0.25, 0.3) is 0 Å². The molecule has 0 saturated heterocycles. The summed E-state index contributed by atoms with van der Waals surface area (Å²) < 4.78 is 15.6. The molecule has 0 aliphatic rings. The van der Waals surface area contributed by atoms with Crippen molar-refractivity contribution in [1.82, 2.24) is 14.5 Å². The number of hydrogen-bond donors (Lipinski definition) is 0. The average Bonchev–Trinajstić information content (AvgIpc) is 2.84. The lowest BCUT2D eigenvalue weighted by Gasteiger charge is -2.09. The van der Waals surface area contributed by atoms with Crippen LogP contribution in [0.25, 0.3) is 17.1 Å². The minimum absolute atomic E-state index is 0.0513. The first-order valence-corrected chi connectivity index (χ1v) is 7.42. The summed E-state index contributed by atoms with van der Waals surface area (Å²) in [6.45, 7) is 0. The number of halogens is 4. The molecule has 0 radical (unpaired) electrons. The molecular formula is C14H7BrCl2FN3. The van der Waals surface area contributed by atoms with Crippen LogP contribution in [-0.4, -0.2) is 14.5 Å². The fourth-order valence-electron chi connectivity index (χ4n) is 1.92. The molecule has 3 rings (SSSR count). The van der Waals surface area contributed by atoms with Crippen molar-refractivity contribution in [1.29, 1.82) is 0 Å². The van der Waals surface area contributed by atoms with Crippen LogP contribution in [0, 0.1) is 5.82 Å².